The first kappa shape index (κ1) is 15.3. The fraction of sp³-hybridized carbons (Fsp3) is 0.467. The van der Waals surface area contributed by atoms with Gasteiger partial charge in [0, 0.05) is 12.3 Å². The van der Waals surface area contributed by atoms with E-state index in [0.717, 1.165) is 25.9 Å². The van der Waals surface area contributed by atoms with Crippen molar-refractivity contribution in [3.05, 3.63) is 24.3 Å². The molecule has 1 unspecified atom stereocenters. The van der Waals surface area contributed by atoms with Crippen LogP contribution in [0.2, 0.25) is 0 Å². The predicted molar refractivity (Wildman–Crippen MR) is 76.4 cm³/mol. The molecule has 1 saturated heterocycles. The Kier molecular flexibility index (Phi) is 5.57. The van der Waals surface area contributed by atoms with Crippen LogP contribution in [0, 0.1) is 0 Å². The van der Waals surface area contributed by atoms with Gasteiger partial charge in [-0.25, -0.2) is 4.79 Å². The lowest BCUT2D eigenvalue weighted by Crippen LogP contribution is -2.25. The van der Waals surface area contributed by atoms with Crippen molar-refractivity contribution in [2.24, 2.45) is 0 Å². The van der Waals surface area contributed by atoms with Crippen molar-refractivity contribution in [1.29, 1.82) is 0 Å². The van der Waals surface area contributed by atoms with Crippen LogP contribution in [-0.4, -0.2) is 36.3 Å². The number of ether oxygens (including phenoxy) is 2. The van der Waals surface area contributed by atoms with Crippen LogP contribution in [0.3, 0.4) is 0 Å². The molecule has 1 heterocycles. The van der Waals surface area contributed by atoms with E-state index in [1.807, 2.05) is 0 Å². The molecule has 2 N–H and O–H groups in total. The fourth-order valence-corrected chi connectivity index (χ4v) is 2.17. The van der Waals surface area contributed by atoms with Gasteiger partial charge >= 0.3 is 5.97 Å². The maximum atomic E-state index is 11.9. The van der Waals surface area contributed by atoms with Crippen LogP contribution in [-0.2, 0) is 14.3 Å². The Morgan fingerprint density at radius 3 is 2.67 bits per heavy atom. The Labute approximate surface area is 123 Å². The van der Waals surface area contributed by atoms with Crippen LogP contribution in [0.25, 0.3) is 0 Å². The number of hydrogen-bond acceptors (Lipinski definition) is 4. The van der Waals surface area contributed by atoms with Gasteiger partial charge < -0.3 is 19.9 Å². The average molecular weight is 293 g/mol. The zero-order chi connectivity index (χ0) is 15.1. The van der Waals surface area contributed by atoms with Crippen molar-refractivity contribution in [2.45, 2.75) is 31.8 Å². The quantitative estimate of drug-likeness (QED) is 0.838. The zero-order valence-corrected chi connectivity index (χ0v) is 11.7. The van der Waals surface area contributed by atoms with Gasteiger partial charge in [0.25, 0.3) is 0 Å². The van der Waals surface area contributed by atoms with E-state index < -0.39 is 5.97 Å². The molecule has 1 aliphatic rings. The Morgan fingerprint density at radius 2 is 2.05 bits per heavy atom. The monoisotopic (exact) mass is 293 g/mol. The Balaban J connectivity index is 1.79. The molecule has 1 atom stereocenters. The summed E-state index contributed by atoms with van der Waals surface area (Å²) in [5, 5.41) is 11.3. The highest BCUT2D eigenvalue weighted by Crippen LogP contribution is 2.18. The van der Waals surface area contributed by atoms with Gasteiger partial charge in [0.05, 0.1) is 12.5 Å². The summed E-state index contributed by atoms with van der Waals surface area (Å²) in [5.74, 6) is -0.660. The number of anilines is 1. The molecular formula is C15H19NO5. The minimum atomic E-state index is -1.03. The second kappa shape index (κ2) is 7.64. The molecule has 21 heavy (non-hydrogen) atoms. The van der Waals surface area contributed by atoms with Gasteiger partial charge in [0.1, 0.15) is 5.75 Å². The van der Waals surface area contributed by atoms with Crippen LogP contribution in [0.4, 0.5) is 5.69 Å². The summed E-state index contributed by atoms with van der Waals surface area (Å²) in [5.41, 5.74) is 0.651. The summed E-state index contributed by atoms with van der Waals surface area (Å²) in [6.07, 6.45) is 3.47. The summed E-state index contributed by atoms with van der Waals surface area (Å²) in [6.45, 7) is 0.346. The van der Waals surface area contributed by atoms with E-state index in [9.17, 15) is 9.59 Å². The predicted octanol–water partition coefficient (Wildman–Crippen LogP) is 2.05. The van der Waals surface area contributed by atoms with Gasteiger partial charge in [-0.2, -0.15) is 0 Å². The molecule has 1 amide bonds. The largest absolute Gasteiger partial charge is 0.482 e. The number of carbonyl (C=O) groups excluding carboxylic acids is 1. The van der Waals surface area contributed by atoms with Gasteiger partial charge in [-0.05, 0) is 43.5 Å². The molecule has 1 aromatic rings. The first-order valence-corrected chi connectivity index (χ1v) is 6.99. The number of carboxylic acids is 1. The van der Waals surface area contributed by atoms with E-state index in [1.165, 1.54) is 0 Å². The highest BCUT2D eigenvalue weighted by molar-refractivity contribution is 5.91. The number of nitrogens with one attached hydrogen (secondary N) is 1. The molecule has 6 nitrogen and oxygen atoms in total. The molecule has 0 radical (unpaired) electrons. The molecule has 0 spiro atoms. The lowest BCUT2D eigenvalue weighted by molar-refractivity contribution is -0.139. The molecule has 0 aliphatic carbocycles. The number of carboxylic acid groups (broad SMARTS) is 1. The highest BCUT2D eigenvalue weighted by Gasteiger charge is 2.17. The summed E-state index contributed by atoms with van der Waals surface area (Å²) >= 11 is 0. The van der Waals surface area contributed by atoms with E-state index in [0.29, 0.717) is 17.9 Å². The van der Waals surface area contributed by atoms with Crippen molar-refractivity contribution >= 4 is 17.6 Å². The van der Waals surface area contributed by atoms with Crippen molar-refractivity contribution in [1.82, 2.24) is 0 Å². The SMILES string of the molecule is O=C(O)COc1ccc(NC(=O)CC2CCCCO2)cc1. The van der Waals surface area contributed by atoms with E-state index in [2.05, 4.69) is 5.32 Å². The summed E-state index contributed by atoms with van der Waals surface area (Å²) in [7, 11) is 0. The lowest BCUT2D eigenvalue weighted by atomic mass is 10.1. The first-order valence-electron chi connectivity index (χ1n) is 6.99. The van der Waals surface area contributed by atoms with E-state index in [4.69, 9.17) is 14.6 Å². The molecule has 0 bridgehead atoms. The topological polar surface area (TPSA) is 84.9 Å². The average Bonchev–Trinajstić information content (AvgIpc) is 2.47. The number of amides is 1. The van der Waals surface area contributed by atoms with Crippen molar-refractivity contribution < 1.29 is 24.2 Å². The first-order chi connectivity index (χ1) is 10.1. The number of hydrogen-bond donors (Lipinski definition) is 2. The summed E-state index contributed by atoms with van der Waals surface area (Å²) < 4.78 is 10.5. The van der Waals surface area contributed by atoms with Crippen LogP contribution in [0.15, 0.2) is 24.3 Å². The highest BCUT2D eigenvalue weighted by atomic mass is 16.5. The third kappa shape index (κ3) is 5.43. The maximum Gasteiger partial charge on any atom is 0.341 e. The molecule has 1 aliphatic heterocycles. The van der Waals surface area contributed by atoms with E-state index in [-0.39, 0.29) is 18.6 Å². The number of aliphatic carboxylic acids is 1. The second-order valence-corrected chi connectivity index (χ2v) is 4.95. The van der Waals surface area contributed by atoms with Crippen molar-refractivity contribution in [2.75, 3.05) is 18.5 Å². The zero-order valence-electron chi connectivity index (χ0n) is 11.7. The standard InChI is InChI=1S/C15H19NO5/c17-14(9-13-3-1-2-8-20-13)16-11-4-6-12(7-5-11)21-10-15(18)19/h4-7,13H,1-3,8-10H2,(H,16,17)(H,18,19). The number of benzene rings is 1. The lowest BCUT2D eigenvalue weighted by Gasteiger charge is -2.21. The fourth-order valence-electron chi connectivity index (χ4n) is 2.17. The minimum Gasteiger partial charge on any atom is -0.482 e. The van der Waals surface area contributed by atoms with Crippen LogP contribution >= 0.6 is 0 Å². The molecule has 0 aromatic heterocycles. The molecule has 1 aromatic carbocycles. The van der Waals surface area contributed by atoms with Gasteiger partial charge in [-0.3, -0.25) is 4.79 Å². The molecule has 114 valence electrons. The van der Waals surface area contributed by atoms with Gasteiger partial charge in [0.2, 0.25) is 5.91 Å². The third-order valence-electron chi connectivity index (χ3n) is 3.19. The summed E-state index contributed by atoms with van der Waals surface area (Å²) in [4.78, 5) is 22.3. The molecule has 0 saturated carbocycles. The molecule has 6 heteroatoms. The van der Waals surface area contributed by atoms with Crippen molar-refractivity contribution in [3.8, 4) is 5.75 Å². The van der Waals surface area contributed by atoms with E-state index >= 15 is 0 Å². The molecule has 1 fully saturated rings. The molecular weight excluding hydrogens is 274 g/mol. The molecule has 2 rings (SSSR count). The Bertz CT molecular complexity index is 479. The summed E-state index contributed by atoms with van der Waals surface area (Å²) in [6, 6.07) is 6.60. The smallest absolute Gasteiger partial charge is 0.341 e. The van der Waals surface area contributed by atoms with Gasteiger partial charge in [-0.1, -0.05) is 0 Å². The normalized spacial score (nSPS) is 18.0. The van der Waals surface area contributed by atoms with E-state index in [1.54, 1.807) is 24.3 Å². The van der Waals surface area contributed by atoms with Crippen molar-refractivity contribution in [3.63, 3.8) is 0 Å². The Morgan fingerprint density at radius 1 is 1.29 bits per heavy atom. The number of rotatable bonds is 6. The van der Waals surface area contributed by atoms with Crippen LogP contribution < -0.4 is 10.1 Å². The van der Waals surface area contributed by atoms with Gasteiger partial charge in [-0.15, -0.1) is 0 Å². The van der Waals surface area contributed by atoms with Crippen LogP contribution in [0.1, 0.15) is 25.7 Å². The maximum absolute atomic E-state index is 11.9. The van der Waals surface area contributed by atoms with Crippen LogP contribution in [0.5, 0.6) is 5.75 Å². The Hall–Kier alpha value is -2.08. The van der Waals surface area contributed by atoms with Gasteiger partial charge in [0.15, 0.2) is 6.61 Å². The second-order valence-electron chi connectivity index (χ2n) is 4.95. The third-order valence-corrected chi connectivity index (χ3v) is 3.19. The number of carbonyl (C=O) groups is 2. The minimum absolute atomic E-state index is 0.0110.